The summed E-state index contributed by atoms with van der Waals surface area (Å²) in [5.74, 6) is 0.307. The molecule has 0 radical (unpaired) electrons. The third kappa shape index (κ3) is 1.70. The van der Waals surface area contributed by atoms with Crippen molar-refractivity contribution in [2.45, 2.75) is 0 Å². The second-order valence-corrected chi connectivity index (χ2v) is 4.87. The lowest BCUT2D eigenvalue weighted by Crippen LogP contribution is -2.05. The molecule has 1 N–H and O–H groups in total. The number of para-hydroxylation sites is 2. The number of H-pyrrole nitrogens is 1. The Bertz CT molecular complexity index is 1000. The Hall–Kier alpha value is -3.15. The molecule has 22 heavy (non-hydrogen) atoms. The number of hydrogen-bond donors (Lipinski definition) is 1. The van der Waals surface area contributed by atoms with Crippen LogP contribution < -0.4 is 0 Å². The average Bonchev–Trinajstić information content (AvgIpc) is 3.17. The average molecular weight is 292 g/mol. The highest BCUT2D eigenvalue weighted by Crippen LogP contribution is 2.25. The van der Waals surface area contributed by atoms with Crippen LogP contribution in [0.25, 0.3) is 27.8 Å². The minimum Gasteiger partial charge on any atom is -0.465 e. The molecule has 0 amide bonds. The summed E-state index contributed by atoms with van der Waals surface area (Å²) in [4.78, 5) is 16.4. The van der Waals surface area contributed by atoms with E-state index in [4.69, 9.17) is 4.74 Å². The van der Waals surface area contributed by atoms with Gasteiger partial charge in [-0.2, -0.15) is 5.10 Å². The summed E-state index contributed by atoms with van der Waals surface area (Å²) in [6.07, 6.45) is 1.67. The van der Waals surface area contributed by atoms with Crippen LogP contribution in [0.15, 0.2) is 48.8 Å². The smallest absolute Gasteiger partial charge is 0.340 e. The fraction of sp³-hybridized carbons (Fsp3) is 0.0625. The van der Waals surface area contributed by atoms with Crippen LogP contribution in [0.5, 0.6) is 0 Å². The number of rotatable bonds is 2. The molecule has 2 heterocycles. The summed E-state index contributed by atoms with van der Waals surface area (Å²) in [6.45, 7) is 0. The second kappa shape index (κ2) is 4.70. The Balaban J connectivity index is 2.05. The Morgan fingerprint density at radius 1 is 1.18 bits per heavy atom. The van der Waals surface area contributed by atoms with E-state index in [9.17, 15) is 4.79 Å². The third-order valence-electron chi connectivity index (χ3n) is 3.65. The topological polar surface area (TPSA) is 72.8 Å². The van der Waals surface area contributed by atoms with Crippen molar-refractivity contribution in [1.29, 1.82) is 0 Å². The van der Waals surface area contributed by atoms with E-state index in [-0.39, 0.29) is 0 Å². The molecule has 2 aromatic carbocycles. The molecule has 0 bridgehead atoms. The fourth-order valence-corrected chi connectivity index (χ4v) is 2.63. The number of carbonyl (C=O) groups is 1. The van der Waals surface area contributed by atoms with E-state index in [1.54, 1.807) is 23.0 Å². The van der Waals surface area contributed by atoms with Crippen molar-refractivity contribution in [1.82, 2.24) is 19.7 Å². The zero-order valence-electron chi connectivity index (χ0n) is 11.8. The first-order chi connectivity index (χ1) is 10.8. The minimum atomic E-state index is -0.396. The molecule has 0 aliphatic carbocycles. The lowest BCUT2D eigenvalue weighted by atomic mass is 10.2. The highest BCUT2D eigenvalue weighted by molar-refractivity contribution is 6.03. The molecule has 2 aromatic heterocycles. The Kier molecular flexibility index (Phi) is 2.69. The molecule has 0 aliphatic heterocycles. The Morgan fingerprint density at radius 3 is 2.91 bits per heavy atom. The molecule has 6 heteroatoms. The van der Waals surface area contributed by atoms with Crippen LogP contribution >= 0.6 is 0 Å². The van der Waals surface area contributed by atoms with Gasteiger partial charge in [-0.3, -0.25) is 9.67 Å². The molecule has 0 aliphatic rings. The normalized spacial score (nSPS) is 11.1. The number of carbonyl (C=O) groups excluding carboxylic acids is 1. The molecule has 0 saturated heterocycles. The van der Waals surface area contributed by atoms with E-state index in [0.29, 0.717) is 16.9 Å². The third-order valence-corrected chi connectivity index (χ3v) is 3.65. The van der Waals surface area contributed by atoms with E-state index in [1.807, 2.05) is 30.3 Å². The molecule has 4 aromatic rings. The molecule has 0 unspecified atom stereocenters. The van der Waals surface area contributed by atoms with Crippen LogP contribution in [0.1, 0.15) is 10.4 Å². The second-order valence-electron chi connectivity index (χ2n) is 4.87. The minimum absolute atomic E-state index is 0.396. The maximum absolute atomic E-state index is 12.0. The van der Waals surface area contributed by atoms with Gasteiger partial charge in [0.15, 0.2) is 5.82 Å². The molecule has 0 fully saturated rings. The first kappa shape index (κ1) is 12.6. The quantitative estimate of drug-likeness (QED) is 0.576. The molecule has 6 nitrogen and oxygen atoms in total. The number of fused-ring (bicyclic) bond motifs is 2. The molecular weight excluding hydrogens is 280 g/mol. The van der Waals surface area contributed by atoms with Crippen LogP contribution in [0.2, 0.25) is 0 Å². The van der Waals surface area contributed by atoms with Gasteiger partial charge in [-0.1, -0.05) is 18.2 Å². The van der Waals surface area contributed by atoms with Gasteiger partial charge in [0.25, 0.3) is 0 Å². The Labute approximate surface area is 125 Å². The molecule has 4 rings (SSSR count). The summed E-state index contributed by atoms with van der Waals surface area (Å²) < 4.78 is 6.67. The highest BCUT2D eigenvalue weighted by Gasteiger charge is 2.17. The fourth-order valence-electron chi connectivity index (χ4n) is 2.63. The van der Waals surface area contributed by atoms with E-state index in [0.717, 1.165) is 16.4 Å². The van der Waals surface area contributed by atoms with Crippen molar-refractivity contribution in [3.05, 3.63) is 54.4 Å². The molecular formula is C16H12N4O2. The lowest BCUT2D eigenvalue weighted by molar-refractivity contribution is 0.0602. The van der Waals surface area contributed by atoms with Crippen molar-refractivity contribution in [2.24, 2.45) is 0 Å². The van der Waals surface area contributed by atoms with Gasteiger partial charge in [-0.05, 0) is 24.3 Å². The van der Waals surface area contributed by atoms with E-state index in [1.165, 1.54) is 7.11 Å². The summed E-state index contributed by atoms with van der Waals surface area (Å²) in [5, 5.41) is 8.31. The van der Waals surface area contributed by atoms with Crippen LogP contribution in [-0.2, 0) is 4.74 Å². The summed E-state index contributed by atoms with van der Waals surface area (Å²) in [5.41, 5.74) is 2.79. The van der Waals surface area contributed by atoms with E-state index >= 15 is 0 Å². The van der Waals surface area contributed by atoms with Crippen LogP contribution in [0, 0.1) is 0 Å². The van der Waals surface area contributed by atoms with Gasteiger partial charge in [0, 0.05) is 5.39 Å². The maximum atomic E-state index is 12.0. The standard InChI is InChI=1S/C16H12N4O2/c1-22-16(21)11-6-4-8-13-14(11)20(9-17-13)15-10-5-2-3-7-12(10)18-19-15/h2-9H,1H3,(H,18,19). The van der Waals surface area contributed by atoms with Crippen molar-refractivity contribution in [3.8, 4) is 5.82 Å². The maximum Gasteiger partial charge on any atom is 0.340 e. The monoisotopic (exact) mass is 292 g/mol. The summed E-state index contributed by atoms with van der Waals surface area (Å²) in [7, 11) is 1.37. The van der Waals surface area contributed by atoms with Crippen molar-refractivity contribution in [3.63, 3.8) is 0 Å². The number of methoxy groups -OCH3 is 1. The van der Waals surface area contributed by atoms with E-state index in [2.05, 4.69) is 15.2 Å². The van der Waals surface area contributed by atoms with Gasteiger partial charge < -0.3 is 4.74 Å². The highest BCUT2D eigenvalue weighted by atomic mass is 16.5. The van der Waals surface area contributed by atoms with Crippen LogP contribution in [-0.4, -0.2) is 32.8 Å². The molecule has 0 spiro atoms. The number of aromatic nitrogens is 4. The van der Waals surface area contributed by atoms with Crippen LogP contribution in [0.4, 0.5) is 0 Å². The molecule has 108 valence electrons. The number of esters is 1. The number of aromatic amines is 1. The Morgan fingerprint density at radius 2 is 2.05 bits per heavy atom. The van der Waals surface area contributed by atoms with Gasteiger partial charge in [0.2, 0.25) is 0 Å². The van der Waals surface area contributed by atoms with Crippen LogP contribution in [0.3, 0.4) is 0 Å². The SMILES string of the molecule is COC(=O)c1cccc2ncn(-c3n[nH]c4ccccc34)c12. The zero-order chi connectivity index (χ0) is 15.1. The lowest BCUT2D eigenvalue weighted by Gasteiger charge is -2.05. The largest absolute Gasteiger partial charge is 0.465 e. The number of benzene rings is 2. The number of imidazole rings is 1. The first-order valence-electron chi connectivity index (χ1n) is 6.77. The zero-order valence-corrected chi connectivity index (χ0v) is 11.8. The number of hydrogen-bond acceptors (Lipinski definition) is 4. The van der Waals surface area contributed by atoms with Gasteiger partial charge in [-0.15, -0.1) is 0 Å². The molecule has 0 atom stereocenters. The predicted octanol–water partition coefficient (Wildman–Crippen LogP) is 2.69. The van der Waals surface area contributed by atoms with Gasteiger partial charge in [-0.25, -0.2) is 9.78 Å². The number of ether oxygens (including phenoxy) is 1. The number of nitrogens with one attached hydrogen (secondary N) is 1. The summed E-state index contributed by atoms with van der Waals surface area (Å²) >= 11 is 0. The van der Waals surface area contributed by atoms with Crippen molar-refractivity contribution in [2.75, 3.05) is 7.11 Å². The summed E-state index contributed by atoms with van der Waals surface area (Å²) in [6, 6.07) is 13.2. The van der Waals surface area contributed by atoms with Crippen molar-refractivity contribution < 1.29 is 9.53 Å². The van der Waals surface area contributed by atoms with Gasteiger partial charge in [0.05, 0.1) is 29.2 Å². The molecule has 0 saturated carbocycles. The van der Waals surface area contributed by atoms with E-state index < -0.39 is 5.97 Å². The first-order valence-corrected chi connectivity index (χ1v) is 6.77. The van der Waals surface area contributed by atoms with Gasteiger partial charge >= 0.3 is 5.97 Å². The van der Waals surface area contributed by atoms with Crippen molar-refractivity contribution >= 4 is 27.9 Å². The van der Waals surface area contributed by atoms with Gasteiger partial charge in [0.1, 0.15) is 6.33 Å². The predicted molar refractivity (Wildman–Crippen MR) is 82.1 cm³/mol. The number of nitrogens with zero attached hydrogens (tertiary/aromatic N) is 3.